The van der Waals surface area contributed by atoms with E-state index >= 15 is 0 Å². The topological polar surface area (TPSA) is 115 Å². The van der Waals surface area contributed by atoms with Gasteiger partial charge in [-0.2, -0.15) is 0 Å². The van der Waals surface area contributed by atoms with E-state index in [2.05, 4.69) is 0 Å². The minimum absolute atomic E-state index is 0.0371. The number of aryl methyl sites for hydroxylation is 1. The standard InChI is InChI=1S/C25H38O6/c1-24(2,22(28)29)14-8-4-3-6-10-18-12-13-20(26)21(27)19(18)11-7-5-9-15-25(16-17-25)23(30)31/h12-13,26-27H,3-11,14-17H2,1-2H3,(H,28,29)(H,30,31). The summed E-state index contributed by atoms with van der Waals surface area (Å²) in [7, 11) is 0. The summed E-state index contributed by atoms with van der Waals surface area (Å²) >= 11 is 0. The van der Waals surface area contributed by atoms with Gasteiger partial charge in [0.25, 0.3) is 0 Å². The van der Waals surface area contributed by atoms with Crippen LogP contribution < -0.4 is 0 Å². The fourth-order valence-corrected chi connectivity index (χ4v) is 4.19. The van der Waals surface area contributed by atoms with Gasteiger partial charge in [-0.1, -0.05) is 38.2 Å². The average Bonchev–Trinajstić information content (AvgIpc) is 3.49. The van der Waals surface area contributed by atoms with Crippen molar-refractivity contribution >= 4 is 11.9 Å². The van der Waals surface area contributed by atoms with Gasteiger partial charge in [0.05, 0.1) is 10.8 Å². The number of carbonyl (C=O) groups is 2. The van der Waals surface area contributed by atoms with E-state index in [4.69, 9.17) is 0 Å². The Bertz CT molecular complexity index is 764. The van der Waals surface area contributed by atoms with Crippen molar-refractivity contribution in [3.8, 4) is 11.5 Å². The summed E-state index contributed by atoms with van der Waals surface area (Å²) in [5.74, 6) is -1.57. The molecule has 1 fully saturated rings. The first kappa shape index (κ1) is 25.0. The molecule has 174 valence electrons. The fourth-order valence-electron chi connectivity index (χ4n) is 4.19. The zero-order valence-corrected chi connectivity index (χ0v) is 19.0. The smallest absolute Gasteiger partial charge is 0.309 e. The highest BCUT2D eigenvalue weighted by atomic mass is 16.4. The molecule has 6 nitrogen and oxygen atoms in total. The van der Waals surface area contributed by atoms with Gasteiger partial charge in [0.1, 0.15) is 0 Å². The number of carboxylic acids is 2. The molecule has 2 rings (SSSR count). The predicted molar refractivity (Wildman–Crippen MR) is 119 cm³/mol. The Morgan fingerprint density at radius 3 is 2.13 bits per heavy atom. The first-order chi connectivity index (χ1) is 14.6. The van der Waals surface area contributed by atoms with Crippen molar-refractivity contribution in [3.05, 3.63) is 23.3 Å². The number of aromatic hydroxyl groups is 2. The van der Waals surface area contributed by atoms with Crippen LogP contribution in [0.15, 0.2) is 12.1 Å². The van der Waals surface area contributed by atoms with Gasteiger partial charge in [-0.25, -0.2) is 0 Å². The molecule has 0 spiro atoms. The van der Waals surface area contributed by atoms with Gasteiger partial charge in [-0.3, -0.25) is 9.59 Å². The number of benzene rings is 1. The van der Waals surface area contributed by atoms with Crippen LogP contribution in [0.4, 0.5) is 0 Å². The Morgan fingerprint density at radius 2 is 1.52 bits per heavy atom. The zero-order chi connectivity index (χ0) is 23.1. The van der Waals surface area contributed by atoms with Gasteiger partial charge in [0.2, 0.25) is 0 Å². The van der Waals surface area contributed by atoms with Crippen LogP contribution in [0.3, 0.4) is 0 Å². The number of carboxylic acid groups (broad SMARTS) is 2. The zero-order valence-electron chi connectivity index (χ0n) is 19.0. The van der Waals surface area contributed by atoms with Crippen LogP contribution in [0.1, 0.15) is 95.6 Å². The molecule has 1 aliphatic carbocycles. The third kappa shape index (κ3) is 7.15. The van der Waals surface area contributed by atoms with E-state index in [9.17, 15) is 30.0 Å². The predicted octanol–water partition coefficient (Wildman–Crippen LogP) is 5.67. The number of phenols is 2. The van der Waals surface area contributed by atoms with E-state index in [-0.39, 0.29) is 11.5 Å². The SMILES string of the molecule is CC(C)(CCCCCCc1ccc(O)c(O)c1CCCCCC1(C(=O)O)CC1)C(=O)O. The summed E-state index contributed by atoms with van der Waals surface area (Å²) < 4.78 is 0. The summed E-state index contributed by atoms with van der Waals surface area (Å²) in [6.07, 6.45) is 10.9. The number of aliphatic carboxylic acids is 2. The van der Waals surface area contributed by atoms with Crippen molar-refractivity contribution in [2.24, 2.45) is 10.8 Å². The van der Waals surface area contributed by atoms with Gasteiger partial charge in [-0.05, 0) is 76.8 Å². The lowest BCUT2D eigenvalue weighted by atomic mass is 9.87. The van der Waals surface area contributed by atoms with Crippen molar-refractivity contribution in [1.82, 2.24) is 0 Å². The lowest BCUT2D eigenvalue weighted by Crippen LogP contribution is -2.23. The molecular weight excluding hydrogens is 396 g/mol. The molecule has 0 amide bonds. The second-order valence-corrected chi connectivity index (χ2v) is 9.82. The monoisotopic (exact) mass is 434 g/mol. The third-order valence-electron chi connectivity index (χ3n) is 6.82. The van der Waals surface area contributed by atoms with Gasteiger partial charge in [0, 0.05) is 5.56 Å². The lowest BCUT2D eigenvalue weighted by molar-refractivity contribution is -0.147. The number of hydrogen-bond acceptors (Lipinski definition) is 4. The second-order valence-electron chi connectivity index (χ2n) is 9.82. The van der Waals surface area contributed by atoms with Gasteiger partial charge in [0.15, 0.2) is 11.5 Å². The maximum atomic E-state index is 11.3. The number of unbranched alkanes of at least 4 members (excludes halogenated alkanes) is 5. The summed E-state index contributed by atoms with van der Waals surface area (Å²) in [4.78, 5) is 22.4. The van der Waals surface area contributed by atoms with Crippen LogP contribution in [0, 0.1) is 10.8 Å². The van der Waals surface area contributed by atoms with Crippen LogP contribution in [0.2, 0.25) is 0 Å². The van der Waals surface area contributed by atoms with Crippen molar-refractivity contribution in [2.75, 3.05) is 0 Å². The molecule has 0 unspecified atom stereocenters. The molecule has 0 heterocycles. The van der Waals surface area contributed by atoms with Crippen molar-refractivity contribution in [2.45, 2.75) is 97.3 Å². The molecule has 1 saturated carbocycles. The maximum Gasteiger partial charge on any atom is 0.309 e. The van der Waals surface area contributed by atoms with Crippen LogP contribution in [0.25, 0.3) is 0 Å². The molecule has 1 aromatic rings. The molecule has 1 aliphatic rings. The molecule has 31 heavy (non-hydrogen) atoms. The average molecular weight is 435 g/mol. The molecule has 0 aliphatic heterocycles. The highest BCUT2D eigenvalue weighted by Gasteiger charge is 2.49. The Labute approximate surface area is 185 Å². The summed E-state index contributed by atoms with van der Waals surface area (Å²) in [5, 5.41) is 38.7. The number of hydrogen-bond donors (Lipinski definition) is 4. The van der Waals surface area contributed by atoms with E-state index < -0.39 is 22.8 Å². The number of rotatable bonds is 15. The molecule has 1 aromatic carbocycles. The summed E-state index contributed by atoms with van der Waals surface area (Å²) in [5.41, 5.74) is 0.689. The summed E-state index contributed by atoms with van der Waals surface area (Å²) in [6.45, 7) is 3.51. The van der Waals surface area contributed by atoms with Crippen LogP contribution in [0.5, 0.6) is 11.5 Å². The van der Waals surface area contributed by atoms with E-state index in [0.717, 1.165) is 81.8 Å². The highest BCUT2D eigenvalue weighted by molar-refractivity contribution is 5.77. The van der Waals surface area contributed by atoms with Crippen molar-refractivity contribution in [1.29, 1.82) is 0 Å². The van der Waals surface area contributed by atoms with E-state index in [1.807, 2.05) is 6.07 Å². The second kappa shape index (κ2) is 10.9. The van der Waals surface area contributed by atoms with Gasteiger partial charge < -0.3 is 20.4 Å². The highest BCUT2D eigenvalue weighted by Crippen LogP contribution is 2.50. The molecule has 6 heteroatoms. The Hall–Kier alpha value is -2.24. The Kier molecular flexibility index (Phi) is 8.78. The molecule has 0 saturated heterocycles. The van der Waals surface area contributed by atoms with Crippen LogP contribution in [-0.2, 0) is 22.4 Å². The minimum atomic E-state index is -0.757. The molecule has 0 atom stereocenters. The quantitative estimate of drug-likeness (QED) is 0.209. The summed E-state index contributed by atoms with van der Waals surface area (Å²) in [6, 6.07) is 3.41. The van der Waals surface area contributed by atoms with Gasteiger partial charge >= 0.3 is 11.9 Å². The maximum absolute atomic E-state index is 11.3. The fraction of sp³-hybridized carbons (Fsp3) is 0.680. The Morgan fingerprint density at radius 1 is 0.903 bits per heavy atom. The lowest BCUT2D eigenvalue weighted by Gasteiger charge is -2.18. The Balaban J connectivity index is 1.76. The van der Waals surface area contributed by atoms with Crippen molar-refractivity contribution < 1.29 is 30.0 Å². The van der Waals surface area contributed by atoms with Gasteiger partial charge in [-0.15, -0.1) is 0 Å². The van der Waals surface area contributed by atoms with Crippen molar-refractivity contribution in [3.63, 3.8) is 0 Å². The van der Waals surface area contributed by atoms with Crippen LogP contribution >= 0.6 is 0 Å². The van der Waals surface area contributed by atoms with E-state index in [1.54, 1.807) is 13.8 Å². The first-order valence-corrected chi connectivity index (χ1v) is 11.6. The normalized spacial score (nSPS) is 15.0. The van der Waals surface area contributed by atoms with Crippen LogP contribution in [-0.4, -0.2) is 32.4 Å². The minimum Gasteiger partial charge on any atom is -0.504 e. The largest absolute Gasteiger partial charge is 0.504 e. The molecular formula is C25H38O6. The molecule has 0 bridgehead atoms. The molecule has 0 aromatic heterocycles. The third-order valence-corrected chi connectivity index (χ3v) is 6.82. The molecule has 0 radical (unpaired) electrons. The number of phenolic OH excluding ortho intramolecular Hbond substituents is 2. The van der Waals surface area contributed by atoms with E-state index in [1.165, 1.54) is 6.07 Å². The molecule has 4 N–H and O–H groups in total. The van der Waals surface area contributed by atoms with E-state index in [0.29, 0.717) is 12.8 Å². The first-order valence-electron chi connectivity index (χ1n) is 11.6.